The Hall–Kier alpha value is -2.11. The molecule has 1 aliphatic rings. The predicted molar refractivity (Wildman–Crippen MR) is 79.5 cm³/mol. The summed E-state index contributed by atoms with van der Waals surface area (Å²) in [5.74, 6) is 5.53. The molecule has 0 unspecified atom stereocenters. The number of pyridine rings is 1. The van der Waals surface area contributed by atoms with E-state index >= 15 is 0 Å². The molecule has 0 aliphatic heterocycles. The van der Waals surface area contributed by atoms with Crippen LogP contribution in [0.15, 0.2) is 12.3 Å². The lowest BCUT2D eigenvalue weighted by Crippen LogP contribution is -2.10. The fourth-order valence-corrected chi connectivity index (χ4v) is 3.27. The summed E-state index contributed by atoms with van der Waals surface area (Å²) in [7, 11) is 0. The zero-order valence-corrected chi connectivity index (χ0v) is 12.0. The van der Waals surface area contributed by atoms with E-state index in [1.807, 2.05) is 6.07 Å². The second-order valence-electron chi connectivity index (χ2n) is 5.71. The average Bonchev–Trinajstić information content (AvgIpc) is 2.83. The smallest absolute Gasteiger partial charge is 0.303 e. The summed E-state index contributed by atoms with van der Waals surface area (Å²) in [6.07, 6.45) is 8.24. The van der Waals surface area contributed by atoms with E-state index < -0.39 is 5.97 Å². The highest BCUT2D eigenvalue weighted by molar-refractivity contribution is 5.85. The summed E-state index contributed by atoms with van der Waals surface area (Å²) in [5, 5.41) is 14.2. The molecule has 0 atom stereocenters. The Morgan fingerprint density at radius 1 is 1.38 bits per heavy atom. The third-order valence-corrected chi connectivity index (χ3v) is 4.29. The van der Waals surface area contributed by atoms with Crippen LogP contribution < -0.4 is 5.84 Å². The Labute approximate surface area is 122 Å². The summed E-state index contributed by atoms with van der Waals surface area (Å²) in [6, 6.07) is 1.85. The average molecular weight is 288 g/mol. The number of hydrogen-bond acceptors (Lipinski definition) is 4. The van der Waals surface area contributed by atoms with Crippen LogP contribution in [0, 0.1) is 0 Å². The molecule has 1 saturated carbocycles. The largest absolute Gasteiger partial charge is 0.481 e. The monoisotopic (exact) mass is 288 g/mol. The quantitative estimate of drug-likeness (QED) is 0.841. The highest BCUT2D eigenvalue weighted by Gasteiger charge is 2.23. The van der Waals surface area contributed by atoms with Crippen LogP contribution in [-0.2, 0) is 11.2 Å². The van der Waals surface area contributed by atoms with Gasteiger partial charge in [0.1, 0.15) is 0 Å². The summed E-state index contributed by atoms with van der Waals surface area (Å²) in [6.45, 7) is 0. The van der Waals surface area contributed by atoms with Crippen molar-refractivity contribution in [3.63, 3.8) is 0 Å². The van der Waals surface area contributed by atoms with Crippen molar-refractivity contribution in [2.75, 3.05) is 5.84 Å². The van der Waals surface area contributed by atoms with E-state index in [1.54, 1.807) is 6.20 Å². The summed E-state index contributed by atoms with van der Waals surface area (Å²) in [5.41, 5.74) is 2.64. The van der Waals surface area contributed by atoms with E-state index in [4.69, 9.17) is 10.9 Å². The molecule has 0 spiro atoms. The number of rotatable bonds is 4. The van der Waals surface area contributed by atoms with Gasteiger partial charge in [-0.2, -0.15) is 9.89 Å². The summed E-state index contributed by atoms with van der Waals surface area (Å²) >= 11 is 0. The first-order valence-corrected chi connectivity index (χ1v) is 7.50. The number of aromatic nitrogens is 3. The van der Waals surface area contributed by atoms with Crippen molar-refractivity contribution in [2.45, 2.75) is 50.9 Å². The highest BCUT2D eigenvalue weighted by atomic mass is 16.4. The zero-order chi connectivity index (χ0) is 14.8. The Kier molecular flexibility index (Phi) is 3.77. The molecule has 0 radical (unpaired) electrons. The number of carboxylic acids is 1. The second-order valence-corrected chi connectivity index (χ2v) is 5.71. The molecular weight excluding hydrogens is 268 g/mol. The lowest BCUT2D eigenvalue weighted by Gasteiger charge is -2.21. The van der Waals surface area contributed by atoms with Gasteiger partial charge in [0, 0.05) is 23.9 Å². The van der Waals surface area contributed by atoms with Gasteiger partial charge in [0.25, 0.3) is 0 Å². The first-order valence-electron chi connectivity index (χ1n) is 7.50. The van der Waals surface area contributed by atoms with Crippen molar-refractivity contribution < 1.29 is 9.90 Å². The van der Waals surface area contributed by atoms with Crippen LogP contribution >= 0.6 is 0 Å². The van der Waals surface area contributed by atoms with Crippen LogP contribution in [0.1, 0.15) is 55.8 Å². The van der Waals surface area contributed by atoms with Gasteiger partial charge < -0.3 is 10.9 Å². The van der Waals surface area contributed by atoms with E-state index in [0.29, 0.717) is 12.3 Å². The maximum Gasteiger partial charge on any atom is 0.303 e. The molecule has 0 saturated heterocycles. The maximum absolute atomic E-state index is 10.8. The first kappa shape index (κ1) is 13.9. The van der Waals surface area contributed by atoms with E-state index in [0.717, 1.165) is 35.1 Å². The van der Waals surface area contributed by atoms with E-state index in [9.17, 15) is 4.79 Å². The molecule has 112 valence electrons. The highest BCUT2D eigenvalue weighted by Crippen LogP contribution is 2.36. The molecule has 2 aromatic rings. The van der Waals surface area contributed by atoms with Crippen LogP contribution in [0.3, 0.4) is 0 Å². The van der Waals surface area contributed by atoms with Gasteiger partial charge in [-0.15, -0.1) is 0 Å². The fourth-order valence-electron chi connectivity index (χ4n) is 3.27. The number of hydrogen-bond donors (Lipinski definition) is 2. The Morgan fingerprint density at radius 2 is 2.14 bits per heavy atom. The molecule has 1 fully saturated rings. The predicted octanol–water partition coefficient (Wildman–Crippen LogP) is 2.21. The van der Waals surface area contributed by atoms with Gasteiger partial charge >= 0.3 is 5.97 Å². The topological polar surface area (TPSA) is 94.0 Å². The number of carboxylic acid groups (broad SMARTS) is 1. The molecule has 0 aromatic carbocycles. The first-order chi connectivity index (χ1) is 10.2. The van der Waals surface area contributed by atoms with Crippen LogP contribution in [0.2, 0.25) is 0 Å². The summed E-state index contributed by atoms with van der Waals surface area (Å²) < 4.78 is 0. The molecular formula is C15H20N4O2. The molecule has 2 heterocycles. The molecule has 0 amide bonds. The molecule has 3 N–H and O–H groups in total. The van der Waals surface area contributed by atoms with Crippen molar-refractivity contribution in [3.05, 3.63) is 23.7 Å². The molecule has 21 heavy (non-hydrogen) atoms. The minimum Gasteiger partial charge on any atom is -0.481 e. The second kappa shape index (κ2) is 5.71. The summed E-state index contributed by atoms with van der Waals surface area (Å²) in [4.78, 5) is 16.7. The number of nitrogen functional groups attached to an aromatic ring is 1. The van der Waals surface area contributed by atoms with E-state index in [1.165, 1.54) is 24.1 Å². The Morgan fingerprint density at radius 3 is 2.86 bits per heavy atom. The minimum atomic E-state index is -0.821. The lowest BCUT2D eigenvalue weighted by molar-refractivity contribution is -0.136. The molecule has 3 rings (SSSR count). The van der Waals surface area contributed by atoms with Gasteiger partial charge in [-0.1, -0.05) is 19.3 Å². The Balaban J connectivity index is 2.04. The van der Waals surface area contributed by atoms with Gasteiger partial charge in [-0.05, 0) is 18.9 Å². The number of fused-ring (bicyclic) bond motifs is 1. The van der Waals surface area contributed by atoms with E-state index in [-0.39, 0.29) is 6.42 Å². The molecule has 2 aromatic heterocycles. The maximum atomic E-state index is 10.8. The van der Waals surface area contributed by atoms with Crippen LogP contribution in [0.25, 0.3) is 10.9 Å². The van der Waals surface area contributed by atoms with E-state index in [2.05, 4.69) is 10.1 Å². The van der Waals surface area contributed by atoms with Gasteiger partial charge in [0.2, 0.25) is 0 Å². The van der Waals surface area contributed by atoms with Crippen LogP contribution in [-0.4, -0.2) is 25.9 Å². The number of aryl methyl sites for hydroxylation is 1. The molecule has 1 aliphatic carbocycles. The van der Waals surface area contributed by atoms with Crippen molar-refractivity contribution in [2.24, 2.45) is 0 Å². The molecule has 0 bridgehead atoms. The van der Waals surface area contributed by atoms with Gasteiger partial charge in [-0.3, -0.25) is 9.78 Å². The third kappa shape index (κ3) is 2.70. The van der Waals surface area contributed by atoms with Crippen molar-refractivity contribution in [1.29, 1.82) is 0 Å². The number of carbonyl (C=O) groups is 1. The van der Waals surface area contributed by atoms with Gasteiger partial charge in [0.15, 0.2) is 0 Å². The van der Waals surface area contributed by atoms with Gasteiger partial charge in [0.05, 0.1) is 23.3 Å². The zero-order valence-electron chi connectivity index (χ0n) is 12.0. The van der Waals surface area contributed by atoms with Crippen molar-refractivity contribution in [1.82, 2.24) is 14.9 Å². The third-order valence-electron chi connectivity index (χ3n) is 4.29. The lowest BCUT2D eigenvalue weighted by atomic mass is 9.85. The number of nitrogens with zero attached hydrogens (tertiary/aromatic N) is 3. The van der Waals surface area contributed by atoms with Gasteiger partial charge in [-0.25, -0.2) is 0 Å². The Bertz CT molecular complexity index is 659. The van der Waals surface area contributed by atoms with Crippen LogP contribution in [0.5, 0.6) is 0 Å². The normalized spacial score (nSPS) is 16.4. The fraction of sp³-hybridized carbons (Fsp3) is 0.533. The van der Waals surface area contributed by atoms with Crippen molar-refractivity contribution in [3.8, 4) is 0 Å². The standard InChI is InChI=1S/C15H20N4O2/c16-19-12-8-9-17-15(10-4-2-1-3-5-10)14(12)11(18-19)6-7-13(20)21/h8-10H,1-7,16H2,(H,20,21). The van der Waals surface area contributed by atoms with Crippen molar-refractivity contribution >= 4 is 16.9 Å². The number of nitrogens with two attached hydrogens (primary N) is 1. The van der Waals surface area contributed by atoms with Crippen LogP contribution in [0.4, 0.5) is 0 Å². The molecule has 6 heteroatoms. The minimum absolute atomic E-state index is 0.0606. The molecule has 6 nitrogen and oxygen atoms in total. The number of aliphatic carboxylic acids is 1. The SMILES string of the molecule is Nn1nc(CCC(=O)O)c2c(C3CCCCC3)nccc21.